The van der Waals surface area contributed by atoms with Gasteiger partial charge in [0.2, 0.25) is 5.78 Å². The lowest BCUT2D eigenvalue weighted by atomic mass is 9.58. The third-order valence-corrected chi connectivity index (χ3v) is 8.39. The van der Waals surface area contributed by atoms with E-state index in [4.69, 9.17) is 15.9 Å². The first kappa shape index (κ1) is 30.5. The molecule has 0 saturated carbocycles. The summed E-state index contributed by atoms with van der Waals surface area (Å²) in [6.07, 6.45) is -0.587. The highest BCUT2D eigenvalue weighted by atomic mass is 16.5. The molecule has 0 saturated heterocycles. The number of aliphatic hydroxyl groups excluding tert-OH is 3. The molecule has 3 aliphatic rings. The van der Waals surface area contributed by atoms with E-state index >= 15 is 0 Å². The number of primary amides is 1. The average molecular weight is 575 g/mol. The van der Waals surface area contributed by atoms with Crippen molar-refractivity contribution in [2.45, 2.75) is 50.2 Å². The van der Waals surface area contributed by atoms with Gasteiger partial charge in [-0.1, -0.05) is 0 Å². The smallest absolute Gasteiger partial charge is 0.255 e. The minimum atomic E-state index is -2.69. The number of phenolic OH excluding ortho intramolecular Hbond substituents is 1. The lowest BCUT2D eigenvalue weighted by Gasteiger charge is -2.50. The lowest BCUT2D eigenvalue weighted by Crippen LogP contribution is -2.63. The number of carbonyl (C=O) groups excluding carboxylic acids is 3. The van der Waals surface area contributed by atoms with E-state index in [1.807, 2.05) is 0 Å². The molecule has 0 aliphatic heterocycles. The van der Waals surface area contributed by atoms with E-state index < -0.39 is 64.3 Å². The fraction of sp³-hybridized carbons (Fsp3) is 0.536. The maximum Gasteiger partial charge on any atom is 0.255 e. The van der Waals surface area contributed by atoms with Crippen LogP contribution < -0.4 is 16.0 Å². The number of hydrogen-bond donors (Lipinski definition) is 8. The Morgan fingerprint density at radius 1 is 1.17 bits per heavy atom. The maximum atomic E-state index is 14.0. The Balaban J connectivity index is 1.83. The fourth-order valence-corrected chi connectivity index (χ4v) is 6.52. The number of fused-ring (bicyclic) bond motifs is 3. The Labute approximate surface area is 237 Å². The summed E-state index contributed by atoms with van der Waals surface area (Å²) < 4.78 is 0. The summed E-state index contributed by atoms with van der Waals surface area (Å²) in [4.78, 5) is 42.9. The van der Waals surface area contributed by atoms with Gasteiger partial charge in [-0.3, -0.25) is 19.3 Å². The SMILES string of the molecule is CN(C)c1cc(CNCCCC(O)O)c(O)c2c1C[C@H]1C[C@H]3[C@H](N(C)C)C(O)=C(C(N)=O)C(=O)[C@@]3(O)C(O)=C1C2=O. The van der Waals surface area contributed by atoms with Crippen molar-refractivity contribution in [3.05, 3.63) is 45.4 Å². The van der Waals surface area contributed by atoms with Crippen molar-refractivity contribution in [3.8, 4) is 5.75 Å². The highest BCUT2D eigenvalue weighted by molar-refractivity contribution is 6.24. The first-order chi connectivity index (χ1) is 19.1. The van der Waals surface area contributed by atoms with Crippen LogP contribution in [-0.4, -0.2) is 106 Å². The second-order valence-electron chi connectivity index (χ2n) is 11.4. The van der Waals surface area contributed by atoms with Crippen LogP contribution in [0.5, 0.6) is 5.75 Å². The van der Waals surface area contributed by atoms with Crippen LogP contribution in [0.15, 0.2) is 28.7 Å². The summed E-state index contributed by atoms with van der Waals surface area (Å²) in [5.74, 6) is -6.89. The summed E-state index contributed by atoms with van der Waals surface area (Å²) in [6.45, 7) is 0.573. The van der Waals surface area contributed by atoms with E-state index in [0.717, 1.165) is 0 Å². The highest BCUT2D eigenvalue weighted by Crippen LogP contribution is 2.53. The van der Waals surface area contributed by atoms with Gasteiger partial charge in [0.15, 0.2) is 17.7 Å². The minimum absolute atomic E-state index is 0.0133. The number of carbonyl (C=O) groups is 3. The molecule has 41 heavy (non-hydrogen) atoms. The molecule has 0 aromatic heterocycles. The number of allylic oxidation sites excluding steroid dienone is 1. The first-order valence-corrected chi connectivity index (χ1v) is 13.4. The van der Waals surface area contributed by atoms with Crippen LogP contribution in [0.4, 0.5) is 5.69 Å². The van der Waals surface area contributed by atoms with Crippen LogP contribution >= 0.6 is 0 Å². The summed E-state index contributed by atoms with van der Waals surface area (Å²) in [7, 11) is 6.74. The number of hydrogen-bond acceptors (Lipinski definition) is 12. The largest absolute Gasteiger partial charge is 0.510 e. The predicted molar refractivity (Wildman–Crippen MR) is 147 cm³/mol. The molecule has 1 amide bonds. The molecule has 0 heterocycles. The third-order valence-electron chi connectivity index (χ3n) is 8.39. The Bertz CT molecular complexity index is 1350. The molecule has 13 nitrogen and oxygen atoms in total. The Morgan fingerprint density at radius 2 is 1.83 bits per heavy atom. The number of ketones is 2. The summed E-state index contributed by atoms with van der Waals surface area (Å²) in [5, 5.41) is 66.5. The van der Waals surface area contributed by atoms with Crippen molar-refractivity contribution < 1.29 is 45.0 Å². The van der Waals surface area contributed by atoms with Crippen molar-refractivity contribution in [2.24, 2.45) is 17.6 Å². The maximum absolute atomic E-state index is 14.0. The molecule has 4 atom stereocenters. The van der Waals surface area contributed by atoms with Gasteiger partial charge in [-0.25, -0.2) is 0 Å². The second-order valence-corrected chi connectivity index (χ2v) is 11.4. The van der Waals surface area contributed by atoms with Gasteiger partial charge in [0, 0.05) is 43.4 Å². The molecule has 0 unspecified atom stereocenters. The zero-order chi connectivity index (χ0) is 30.5. The van der Waals surface area contributed by atoms with Crippen LogP contribution in [0.3, 0.4) is 0 Å². The van der Waals surface area contributed by atoms with Crippen molar-refractivity contribution in [1.29, 1.82) is 0 Å². The monoisotopic (exact) mass is 574 g/mol. The van der Waals surface area contributed by atoms with Gasteiger partial charge >= 0.3 is 0 Å². The Hall–Kier alpha value is -3.49. The van der Waals surface area contributed by atoms with E-state index in [-0.39, 0.29) is 42.7 Å². The molecule has 1 aromatic rings. The van der Waals surface area contributed by atoms with Crippen LogP contribution in [0.1, 0.15) is 40.7 Å². The number of nitrogens with zero attached hydrogens (tertiary/aromatic N) is 2. The van der Waals surface area contributed by atoms with Crippen molar-refractivity contribution in [3.63, 3.8) is 0 Å². The molecule has 4 rings (SSSR count). The van der Waals surface area contributed by atoms with Gasteiger partial charge in [-0.05, 0) is 63.9 Å². The molecule has 224 valence electrons. The van der Waals surface area contributed by atoms with E-state index in [1.165, 1.54) is 4.90 Å². The average Bonchev–Trinajstić information content (AvgIpc) is 2.86. The van der Waals surface area contributed by atoms with E-state index in [9.17, 15) is 34.8 Å². The molecule has 3 aliphatic carbocycles. The number of likely N-dealkylation sites (N-methyl/N-ethyl adjacent to an activating group) is 1. The number of Topliss-reactive ketones (excluding diaryl/α,β-unsaturated/α-hetero) is 2. The molecule has 1 aromatic carbocycles. The third kappa shape index (κ3) is 4.87. The van der Waals surface area contributed by atoms with Gasteiger partial charge in [0.1, 0.15) is 22.8 Å². The standard InChI is InChI=1S/C28H38N4O9/c1-31(2)16-10-13(11-30-7-5-6-17(33)34)22(35)19-14(16)8-12-9-15-21(32(3)4)24(37)20(27(29)40)26(39)28(15,41)25(38)18(12)23(19)36/h10,12,15,17,21,30,33-35,37-38,41H,5-9,11H2,1-4H3,(H2,29,40)/t12-,15-,21-,28-/m0/s1. The summed E-state index contributed by atoms with van der Waals surface area (Å²) in [5.41, 5.74) is 3.15. The van der Waals surface area contributed by atoms with E-state index in [1.54, 1.807) is 39.2 Å². The first-order valence-electron chi connectivity index (χ1n) is 13.4. The second kappa shape index (κ2) is 11.1. The minimum Gasteiger partial charge on any atom is -0.510 e. The molecular weight excluding hydrogens is 536 g/mol. The van der Waals surface area contributed by atoms with Crippen LogP contribution in [0.2, 0.25) is 0 Å². The number of nitrogens with two attached hydrogens (primary N) is 1. The van der Waals surface area contributed by atoms with E-state index in [0.29, 0.717) is 29.8 Å². The normalized spacial score (nSPS) is 25.9. The molecule has 0 spiro atoms. The number of nitrogens with one attached hydrogen (secondary N) is 1. The molecule has 0 fully saturated rings. The Morgan fingerprint density at radius 3 is 2.39 bits per heavy atom. The van der Waals surface area contributed by atoms with Crippen LogP contribution in [0.25, 0.3) is 0 Å². The number of benzene rings is 1. The zero-order valence-corrected chi connectivity index (χ0v) is 23.5. The zero-order valence-electron chi connectivity index (χ0n) is 23.5. The molecule has 0 bridgehead atoms. The van der Waals surface area contributed by atoms with Crippen molar-refractivity contribution in [2.75, 3.05) is 39.6 Å². The number of aromatic hydroxyl groups is 1. The van der Waals surface area contributed by atoms with Gasteiger partial charge in [-0.2, -0.15) is 0 Å². The number of amides is 1. The van der Waals surface area contributed by atoms with E-state index in [2.05, 4.69) is 5.32 Å². The summed E-state index contributed by atoms with van der Waals surface area (Å²) >= 11 is 0. The van der Waals surface area contributed by atoms with Gasteiger partial charge in [0.25, 0.3) is 5.91 Å². The van der Waals surface area contributed by atoms with Gasteiger partial charge in [-0.15, -0.1) is 0 Å². The predicted octanol–water partition coefficient (Wildman–Crippen LogP) is -0.633. The molecular formula is C28H38N4O9. The summed E-state index contributed by atoms with van der Waals surface area (Å²) in [6, 6.07) is 0.700. The fourth-order valence-electron chi connectivity index (χ4n) is 6.52. The highest BCUT2D eigenvalue weighted by Gasteiger charge is 2.63. The lowest BCUT2D eigenvalue weighted by molar-refractivity contribution is -0.148. The van der Waals surface area contributed by atoms with Crippen LogP contribution in [-0.2, 0) is 22.6 Å². The Kier molecular flexibility index (Phi) is 8.22. The molecule has 13 heteroatoms. The number of aliphatic hydroxyl groups is 5. The van der Waals surface area contributed by atoms with Gasteiger partial charge < -0.3 is 46.6 Å². The van der Waals surface area contributed by atoms with Crippen molar-refractivity contribution >= 4 is 23.2 Å². The van der Waals surface area contributed by atoms with Gasteiger partial charge in [0.05, 0.1) is 11.6 Å². The quantitative estimate of drug-likeness (QED) is 0.105. The van der Waals surface area contributed by atoms with Crippen LogP contribution in [0, 0.1) is 11.8 Å². The number of phenols is 1. The molecule has 9 N–H and O–H groups in total. The topological polar surface area (TPSA) is 217 Å². The number of anilines is 1. The molecule has 0 radical (unpaired) electrons. The number of rotatable bonds is 9. The van der Waals surface area contributed by atoms with Crippen molar-refractivity contribution in [1.82, 2.24) is 10.2 Å².